The van der Waals surface area contributed by atoms with Crippen LogP contribution in [-0.2, 0) is 9.53 Å². The smallest absolute Gasteiger partial charge is 0.308 e. The van der Waals surface area contributed by atoms with Crippen LogP contribution in [0.4, 0.5) is 0 Å². The number of hydrogen-bond acceptors (Lipinski definition) is 5. The zero-order chi connectivity index (χ0) is 20.1. The minimum atomic E-state index is -0.414. The number of esters is 1. The number of furan rings is 1. The van der Waals surface area contributed by atoms with Gasteiger partial charge in [0.2, 0.25) is 0 Å². The molecular weight excluding hydrogens is 358 g/mol. The monoisotopic (exact) mass is 385 g/mol. The Morgan fingerprint density at radius 1 is 1.29 bits per heavy atom. The molecule has 3 rings (SSSR count). The molecule has 0 aliphatic heterocycles. The predicted octanol–water partition coefficient (Wildman–Crippen LogP) is 3.49. The van der Waals surface area contributed by atoms with E-state index in [2.05, 4.69) is 5.32 Å². The van der Waals surface area contributed by atoms with E-state index >= 15 is 0 Å². The van der Waals surface area contributed by atoms with Gasteiger partial charge in [-0.2, -0.15) is 0 Å². The molecule has 1 aliphatic carbocycles. The van der Waals surface area contributed by atoms with Crippen molar-refractivity contribution in [1.82, 2.24) is 5.32 Å². The molecule has 7 heteroatoms. The third-order valence-electron chi connectivity index (χ3n) is 5.23. The van der Waals surface area contributed by atoms with Crippen LogP contribution in [0.3, 0.4) is 0 Å². The molecule has 1 aliphatic rings. The number of hydrogen-bond donors (Lipinski definition) is 3. The molecule has 0 spiro atoms. The Hall–Kier alpha value is -2.83. The fourth-order valence-electron chi connectivity index (χ4n) is 3.66. The van der Waals surface area contributed by atoms with Crippen molar-refractivity contribution in [3.8, 4) is 0 Å². The van der Waals surface area contributed by atoms with Gasteiger partial charge in [0.1, 0.15) is 17.5 Å². The maximum absolute atomic E-state index is 12.9. The highest BCUT2D eigenvalue weighted by Crippen LogP contribution is 2.24. The molecule has 1 heterocycles. The number of rotatable bonds is 7. The molecule has 1 unspecified atom stereocenters. The standard InChI is InChI=1S/C21H27N3O4/c1-2-14(12-17(25)28-15-6-4-3-5-7-15)24-21(26)18-16(20(22)23)9-8-13-10-11-27-19(13)18/h8-11,14-15H,2-7,12H2,1H3,(H3,22,23)(H,24,26). The Bertz CT molecular complexity index is 868. The second-order valence-electron chi connectivity index (χ2n) is 7.27. The minimum absolute atomic E-state index is 0.00404. The molecule has 1 aromatic heterocycles. The van der Waals surface area contributed by atoms with Gasteiger partial charge in [0.05, 0.1) is 18.2 Å². The van der Waals surface area contributed by atoms with Crippen LogP contribution >= 0.6 is 0 Å². The van der Waals surface area contributed by atoms with Gasteiger partial charge in [-0.15, -0.1) is 0 Å². The summed E-state index contributed by atoms with van der Waals surface area (Å²) in [5.41, 5.74) is 6.55. The van der Waals surface area contributed by atoms with Crippen LogP contribution in [-0.4, -0.2) is 29.9 Å². The van der Waals surface area contributed by atoms with Crippen LogP contribution in [0.1, 0.15) is 67.8 Å². The summed E-state index contributed by atoms with van der Waals surface area (Å²) in [5.74, 6) is -0.918. The number of amides is 1. The van der Waals surface area contributed by atoms with Gasteiger partial charge in [-0.3, -0.25) is 15.0 Å². The first-order valence-electron chi connectivity index (χ1n) is 9.84. The number of carbonyl (C=O) groups is 2. The summed E-state index contributed by atoms with van der Waals surface area (Å²) in [6.45, 7) is 1.90. The fraction of sp³-hybridized carbons (Fsp3) is 0.476. The number of ether oxygens (including phenoxy) is 1. The lowest BCUT2D eigenvalue weighted by molar-refractivity contribution is -0.151. The first-order valence-corrected chi connectivity index (χ1v) is 9.84. The normalized spacial score (nSPS) is 15.9. The van der Waals surface area contributed by atoms with Gasteiger partial charge in [0.25, 0.3) is 5.91 Å². The average molecular weight is 385 g/mol. The van der Waals surface area contributed by atoms with Crippen molar-refractivity contribution in [2.75, 3.05) is 0 Å². The highest BCUT2D eigenvalue weighted by atomic mass is 16.5. The molecule has 0 saturated heterocycles. The van der Waals surface area contributed by atoms with E-state index in [0.29, 0.717) is 17.6 Å². The number of benzene rings is 1. The molecule has 1 atom stereocenters. The van der Waals surface area contributed by atoms with Gasteiger partial charge >= 0.3 is 5.97 Å². The number of nitrogens with two attached hydrogens (primary N) is 1. The van der Waals surface area contributed by atoms with Crippen LogP contribution < -0.4 is 11.1 Å². The van der Waals surface area contributed by atoms with E-state index in [1.807, 2.05) is 6.92 Å². The van der Waals surface area contributed by atoms with Gasteiger partial charge in [-0.05, 0) is 44.2 Å². The van der Waals surface area contributed by atoms with Crippen molar-refractivity contribution in [1.29, 1.82) is 5.41 Å². The molecule has 4 N–H and O–H groups in total. The van der Waals surface area contributed by atoms with Gasteiger partial charge < -0.3 is 20.2 Å². The lowest BCUT2D eigenvalue weighted by Crippen LogP contribution is -2.38. The van der Waals surface area contributed by atoms with E-state index in [4.69, 9.17) is 20.3 Å². The topological polar surface area (TPSA) is 118 Å². The number of nitrogens with one attached hydrogen (secondary N) is 2. The summed E-state index contributed by atoms with van der Waals surface area (Å²) < 4.78 is 11.0. The molecule has 1 amide bonds. The molecule has 7 nitrogen and oxygen atoms in total. The first-order chi connectivity index (χ1) is 13.5. The highest BCUT2D eigenvalue weighted by Gasteiger charge is 2.24. The Balaban J connectivity index is 1.71. The van der Waals surface area contributed by atoms with Crippen molar-refractivity contribution >= 4 is 28.7 Å². The maximum atomic E-state index is 12.9. The summed E-state index contributed by atoms with van der Waals surface area (Å²) in [5, 5.41) is 11.4. The fourth-order valence-corrected chi connectivity index (χ4v) is 3.66. The van der Waals surface area contributed by atoms with Gasteiger partial charge in [0.15, 0.2) is 0 Å². The maximum Gasteiger partial charge on any atom is 0.308 e. The number of amidine groups is 1. The van der Waals surface area contributed by atoms with Gasteiger partial charge in [-0.1, -0.05) is 19.4 Å². The predicted molar refractivity (Wildman–Crippen MR) is 106 cm³/mol. The SMILES string of the molecule is CCC(CC(=O)OC1CCCCC1)NC(=O)c1c(C(=N)N)ccc2ccoc12. The molecule has 1 aromatic carbocycles. The zero-order valence-electron chi connectivity index (χ0n) is 16.1. The summed E-state index contributed by atoms with van der Waals surface area (Å²) in [6, 6.07) is 4.77. The number of nitrogen functional groups attached to an aromatic ring is 1. The summed E-state index contributed by atoms with van der Waals surface area (Å²) in [7, 11) is 0. The second kappa shape index (κ2) is 8.91. The number of fused-ring (bicyclic) bond motifs is 1. The largest absolute Gasteiger partial charge is 0.463 e. The Morgan fingerprint density at radius 3 is 2.71 bits per heavy atom. The third kappa shape index (κ3) is 4.52. The molecule has 0 bridgehead atoms. The Labute approximate surface area is 164 Å². The first kappa shape index (κ1) is 19.9. The van der Waals surface area contributed by atoms with Crippen LogP contribution in [0.15, 0.2) is 28.9 Å². The van der Waals surface area contributed by atoms with E-state index < -0.39 is 5.91 Å². The third-order valence-corrected chi connectivity index (χ3v) is 5.23. The van der Waals surface area contributed by atoms with Crippen molar-refractivity contribution in [3.63, 3.8) is 0 Å². The van der Waals surface area contributed by atoms with Gasteiger partial charge in [-0.25, -0.2) is 0 Å². The van der Waals surface area contributed by atoms with Crippen molar-refractivity contribution in [2.24, 2.45) is 5.73 Å². The molecule has 1 saturated carbocycles. The second-order valence-corrected chi connectivity index (χ2v) is 7.27. The Kier molecular flexibility index (Phi) is 6.34. The molecule has 150 valence electrons. The average Bonchev–Trinajstić information content (AvgIpc) is 3.15. The van der Waals surface area contributed by atoms with Gasteiger partial charge in [0, 0.05) is 17.0 Å². The van der Waals surface area contributed by atoms with E-state index in [0.717, 1.165) is 31.1 Å². The lowest BCUT2D eigenvalue weighted by Gasteiger charge is -2.23. The molecular formula is C21H27N3O4. The highest BCUT2D eigenvalue weighted by molar-refractivity contribution is 6.14. The Morgan fingerprint density at radius 2 is 2.04 bits per heavy atom. The van der Waals surface area contributed by atoms with E-state index in [9.17, 15) is 9.59 Å². The van der Waals surface area contributed by atoms with E-state index in [1.165, 1.54) is 12.7 Å². The number of carbonyl (C=O) groups excluding carboxylic acids is 2. The van der Waals surface area contributed by atoms with Crippen LogP contribution in [0.25, 0.3) is 11.0 Å². The molecule has 2 aromatic rings. The quantitative estimate of drug-likeness (QED) is 0.383. The molecule has 0 radical (unpaired) electrons. The summed E-state index contributed by atoms with van der Waals surface area (Å²) >= 11 is 0. The lowest BCUT2D eigenvalue weighted by atomic mass is 9.98. The molecule has 28 heavy (non-hydrogen) atoms. The zero-order valence-corrected chi connectivity index (χ0v) is 16.1. The summed E-state index contributed by atoms with van der Waals surface area (Å²) in [4.78, 5) is 25.2. The van der Waals surface area contributed by atoms with Crippen molar-refractivity contribution < 1.29 is 18.7 Å². The summed E-state index contributed by atoms with van der Waals surface area (Å²) in [6.07, 6.45) is 7.38. The molecule has 1 fully saturated rings. The van der Waals surface area contributed by atoms with Crippen molar-refractivity contribution in [2.45, 2.75) is 64.0 Å². The van der Waals surface area contributed by atoms with E-state index in [-0.39, 0.29) is 35.9 Å². The van der Waals surface area contributed by atoms with Crippen LogP contribution in [0.5, 0.6) is 0 Å². The van der Waals surface area contributed by atoms with Crippen LogP contribution in [0.2, 0.25) is 0 Å². The minimum Gasteiger partial charge on any atom is -0.463 e. The van der Waals surface area contributed by atoms with Crippen LogP contribution in [0, 0.1) is 5.41 Å². The van der Waals surface area contributed by atoms with Crippen molar-refractivity contribution in [3.05, 3.63) is 35.6 Å². The van der Waals surface area contributed by atoms with E-state index in [1.54, 1.807) is 18.2 Å².